The molecule has 3 N–H and O–H groups in total. The third kappa shape index (κ3) is 1.89. The molecule has 4 heteroatoms. The van der Waals surface area contributed by atoms with Gasteiger partial charge in [0.25, 0.3) is 0 Å². The van der Waals surface area contributed by atoms with Crippen molar-refractivity contribution in [1.82, 2.24) is 4.98 Å². The normalized spacial score (nSPS) is 13.0. The number of nitrogens with two attached hydrogens (primary N) is 1. The lowest BCUT2D eigenvalue weighted by atomic mass is 10.1. The fourth-order valence-corrected chi connectivity index (χ4v) is 1.66. The van der Waals surface area contributed by atoms with Crippen molar-refractivity contribution in [2.24, 2.45) is 5.73 Å². The van der Waals surface area contributed by atoms with Gasteiger partial charge in [-0.3, -0.25) is 4.79 Å². The quantitative estimate of drug-likeness (QED) is 0.767. The zero-order valence-electron chi connectivity index (χ0n) is 8.25. The Morgan fingerprint density at radius 3 is 2.87 bits per heavy atom. The number of fused-ring (bicyclic) bond motifs is 1. The number of benzene rings is 1. The molecule has 3 nitrogen and oxygen atoms in total. The van der Waals surface area contributed by atoms with Gasteiger partial charge in [0.05, 0.1) is 11.7 Å². The van der Waals surface area contributed by atoms with E-state index >= 15 is 0 Å². The largest absolute Gasteiger partial charge is 0.352 e. The van der Waals surface area contributed by atoms with Crippen LogP contribution in [0.1, 0.15) is 17.4 Å². The minimum absolute atomic E-state index is 0.0951. The first kappa shape index (κ1) is 10.2. The van der Waals surface area contributed by atoms with Gasteiger partial charge in [-0.1, -0.05) is 11.6 Å². The molecule has 1 aromatic heterocycles. The molecule has 0 aliphatic carbocycles. The second-order valence-electron chi connectivity index (χ2n) is 3.57. The van der Waals surface area contributed by atoms with Gasteiger partial charge in [-0.15, -0.1) is 0 Å². The fourth-order valence-electron chi connectivity index (χ4n) is 1.48. The van der Waals surface area contributed by atoms with Crippen LogP contribution in [0, 0.1) is 0 Å². The predicted octanol–water partition coefficient (Wildman–Crippen LogP) is 2.35. The lowest BCUT2D eigenvalue weighted by molar-refractivity contribution is 0.0964. The Balaban J connectivity index is 2.52. The topological polar surface area (TPSA) is 58.9 Å². The van der Waals surface area contributed by atoms with E-state index < -0.39 is 6.04 Å². The zero-order valence-corrected chi connectivity index (χ0v) is 9.01. The number of hydrogen-bond donors (Lipinski definition) is 2. The van der Waals surface area contributed by atoms with Crippen molar-refractivity contribution in [2.45, 2.75) is 13.0 Å². The Morgan fingerprint density at radius 1 is 1.47 bits per heavy atom. The number of aromatic amines is 1. The van der Waals surface area contributed by atoms with Gasteiger partial charge in [0.2, 0.25) is 0 Å². The van der Waals surface area contributed by atoms with Crippen molar-refractivity contribution < 1.29 is 4.79 Å². The highest BCUT2D eigenvalue weighted by Crippen LogP contribution is 2.20. The van der Waals surface area contributed by atoms with E-state index in [2.05, 4.69) is 4.98 Å². The van der Waals surface area contributed by atoms with Crippen LogP contribution >= 0.6 is 11.6 Å². The summed E-state index contributed by atoms with van der Waals surface area (Å²) in [5, 5.41) is 1.58. The number of ketones is 1. The van der Waals surface area contributed by atoms with E-state index in [9.17, 15) is 4.79 Å². The van der Waals surface area contributed by atoms with Crippen LogP contribution in [0.5, 0.6) is 0 Å². The SMILES string of the molecule is CC(N)C(=O)c1cc2cc(Cl)ccc2[nH]1. The highest BCUT2D eigenvalue weighted by molar-refractivity contribution is 6.31. The molecule has 78 valence electrons. The van der Waals surface area contributed by atoms with Gasteiger partial charge in [0, 0.05) is 15.9 Å². The predicted molar refractivity (Wildman–Crippen MR) is 61.3 cm³/mol. The first-order valence-electron chi connectivity index (χ1n) is 4.66. The molecular weight excluding hydrogens is 212 g/mol. The smallest absolute Gasteiger partial charge is 0.195 e. The minimum Gasteiger partial charge on any atom is -0.352 e. The average molecular weight is 223 g/mol. The molecule has 15 heavy (non-hydrogen) atoms. The summed E-state index contributed by atoms with van der Waals surface area (Å²) in [6, 6.07) is 6.71. The van der Waals surface area contributed by atoms with E-state index in [1.807, 2.05) is 12.1 Å². The molecule has 1 heterocycles. The highest BCUT2D eigenvalue weighted by Gasteiger charge is 2.13. The van der Waals surface area contributed by atoms with Gasteiger partial charge in [0.1, 0.15) is 0 Å². The van der Waals surface area contributed by atoms with Crippen LogP contribution in [0.4, 0.5) is 0 Å². The Bertz CT molecular complexity index is 516. The number of hydrogen-bond acceptors (Lipinski definition) is 2. The van der Waals surface area contributed by atoms with Gasteiger partial charge in [-0.05, 0) is 31.2 Å². The van der Waals surface area contributed by atoms with E-state index in [-0.39, 0.29) is 5.78 Å². The molecule has 2 aromatic rings. The molecule has 0 saturated carbocycles. The van der Waals surface area contributed by atoms with E-state index in [0.717, 1.165) is 10.9 Å². The molecule has 0 fully saturated rings. The third-order valence-electron chi connectivity index (χ3n) is 2.26. The first-order chi connectivity index (χ1) is 7.08. The summed E-state index contributed by atoms with van der Waals surface area (Å²) in [6.45, 7) is 1.67. The molecular formula is C11H11ClN2O. The van der Waals surface area contributed by atoms with Gasteiger partial charge < -0.3 is 10.7 Å². The maximum Gasteiger partial charge on any atom is 0.195 e. The van der Waals surface area contributed by atoms with Gasteiger partial charge >= 0.3 is 0 Å². The lowest BCUT2D eigenvalue weighted by Crippen LogP contribution is -2.26. The Hall–Kier alpha value is -1.32. The van der Waals surface area contributed by atoms with E-state index in [0.29, 0.717) is 10.7 Å². The first-order valence-corrected chi connectivity index (χ1v) is 5.04. The van der Waals surface area contributed by atoms with Crippen LogP contribution in [0.15, 0.2) is 24.3 Å². The maximum atomic E-state index is 11.6. The van der Waals surface area contributed by atoms with E-state index in [1.165, 1.54) is 0 Å². The summed E-state index contributed by atoms with van der Waals surface area (Å²) in [5.74, 6) is -0.0951. The Labute approximate surface area is 92.2 Å². The Morgan fingerprint density at radius 2 is 2.20 bits per heavy atom. The Kier molecular flexibility index (Phi) is 2.50. The number of carbonyl (C=O) groups excluding carboxylic acids is 1. The molecule has 0 radical (unpaired) electrons. The summed E-state index contributed by atoms with van der Waals surface area (Å²) in [6.07, 6.45) is 0. The van der Waals surface area contributed by atoms with Crippen molar-refractivity contribution in [3.63, 3.8) is 0 Å². The molecule has 1 atom stereocenters. The minimum atomic E-state index is -0.492. The van der Waals surface area contributed by atoms with Crippen LogP contribution in [0.2, 0.25) is 5.02 Å². The van der Waals surface area contributed by atoms with Crippen LogP contribution in [0.3, 0.4) is 0 Å². The van der Waals surface area contributed by atoms with Gasteiger partial charge in [0.15, 0.2) is 5.78 Å². The van der Waals surface area contributed by atoms with Gasteiger partial charge in [-0.25, -0.2) is 0 Å². The summed E-state index contributed by atoms with van der Waals surface area (Å²) < 4.78 is 0. The van der Waals surface area contributed by atoms with Crippen LogP contribution in [0.25, 0.3) is 10.9 Å². The molecule has 2 rings (SSSR count). The number of carbonyl (C=O) groups is 1. The van der Waals surface area contributed by atoms with E-state index in [1.54, 1.807) is 19.1 Å². The van der Waals surface area contributed by atoms with Crippen LogP contribution < -0.4 is 5.73 Å². The summed E-state index contributed by atoms with van der Waals surface area (Å²) in [4.78, 5) is 14.6. The number of H-pyrrole nitrogens is 1. The van der Waals surface area contributed by atoms with Crippen molar-refractivity contribution in [2.75, 3.05) is 0 Å². The monoisotopic (exact) mass is 222 g/mol. The highest BCUT2D eigenvalue weighted by atomic mass is 35.5. The second-order valence-corrected chi connectivity index (χ2v) is 4.00. The average Bonchev–Trinajstić information content (AvgIpc) is 2.58. The molecule has 0 amide bonds. The summed E-state index contributed by atoms with van der Waals surface area (Å²) >= 11 is 5.85. The second kappa shape index (κ2) is 3.68. The number of halogens is 1. The number of rotatable bonds is 2. The number of nitrogens with one attached hydrogen (secondary N) is 1. The van der Waals surface area contributed by atoms with Crippen molar-refractivity contribution >= 4 is 28.3 Å². The van der Waals surface area contributed by atoms with Crippen molar-refractivity contribution in [3.05, 3.63) is 35.0 Å². The molecule has 0 aliphatic rings. The fraction of sp³-hybridized carbons (Fsp3) is 0.182. The van der Waals surface area contributed by atoms with E-state index in [4.69, 9.17) is 17.3 Å². The lowest BCUT2D eigenvalue weighted by Gasteiger charge is -1.99. The molecule has 1 aromatic carbocycles. The van der Waals surface area contributed by atoms with Crippen molar-refractivity contribution in [3.8, 4) is 0 Å². The summed E-state index contributed by atoms with van der Waals surface area (Å²) in [5.41, 5.74) is 6.95. The molecule has 1 unspecified atom stereocenters. The van der Waals surface area contributed by atoms with Crippen LogP contribution in [-0.4, -0.2) is 16.8 Å². The number of Topliss-reactive ketones (excluding diaryl/α,β-unsaturated/α-hetero) is 1. The maximum absolute atomic E-state index is 11.6. The standard InChI is InChI=1S/C11H11ClN2O/c1-6(13)11(15)10-5-7-4-8(12)2-3-9(7)14-10/h2-6,14H,13H2,1H3. The molecule has 0 spiro atoms. The summed E-state index contributed by atoms with van der Waals surface area (Å²) in [7, 11) is 0. The molecule has 0 saturated heterocycles. The van der Waals surface area contributed by atoms with Gasteiger partial charge in [-0.2, -0.15) is 0 Å². The van der Waals surface area contributed by atoms with Crippen LogP contribution in [-0.2, 0) is 0 Å². The third-order valence-corrected chi connectivity index (χ3v) is 2.50. The number of aromatic nitrogens is 1. The molecule has 0 bridgehead atoms. The molecule has 0 aliphatic heterocycles. The van der Waals surface area contributed by atoms with Crippen molar-refractivity contribution in [1.29, 1.82) is 0 Å². The zero-order chi connectivity index (χ0) is 11.0.